The quantitative estimate of drug-likeness (QED) is 0.895. The maximum absolute atomic E-state index is 12.1. The summed E-state index contributed by atoms with van der Waals surface area (Å²) in [6.07, 6.45) is 1.04. The molecule has 3 rings (SSSR count). The number of nitrogens with zero attached hydrogens (tertiary/aromatic N) is 2. The van der Waals surface area contributed by atoms with Crippen LogP contribution in [0.15, 0.2) is 42.5 Å². The second-order valence-corrected chi connectivity index (χ2v) is 5.71. The number of carbonyl (C=O) groups is 1. The Hall–Kier alpha value is -2.84. The molecule has 1 aliphatic heterocycles. The third kappa shape index (κ3) is 3.50. The number of nitrogens with one attached hydrogen (secondary N) is 2. The average molecular weight is 306 g/mol. The second kappa shape index (κ2) is 6.51. The van der Waals surface area contributed by atoms with Crippen molar-refractivity contribution in [2.75, 3.05) is 24.2 Å². The molecule has 0 aromatic heterocycles. The van der Waals surface area contributed by atoms with Crippen LogP contribution in [0.25, 0.3) is 0 Å². The van der Waals surface area contributed by atoms with Crippen molar-refractivity contribution >= 4 is 17.4 Å². The van der Waals surface area contributed by atoms with E-state index < -0.39 is 0 Å². The van der Waals surface area contributed by atoms with Crippen LogP contribution in [0.3, 0.4) is 0 Å². The smallest absolute Gasteiger partial charge is 0.308 e. The molecule has 1 heterocycles. The molecular weight excluding hydrogens is 288 g/mol. The molecule has 23 heavy (non-hydrogen) atoms. The summed E-state index contributed by atoms with van der Waals surface area (Å²) < 4.78 is 0. The number of likely N-dealkylation sites (N-methyl/N-ethyl adjacent to an activating group) is 1. The van der Waals surface area contributed by atoms with Crippen molar-refractivity contribution < 1.29 is 4.79 Å². The van der Waals surface area contributed by atoms with E-state index in [1.165, 1.54) is 11.1 Å². The van der Waals surface area contributed by atoms with Crippen molar-refractivity contribution in [3.05, 3.63) is 59.2 Å². The van der Waals surface area contributed by atoms with Gasteiger partial charge in [-0.2, -0.15) is 5.26 Å². The highest BCUT2D eigenvalue weighted by Gasteiger charge is 2.14. The molecule has 0 aliphatic carbocycles. The lowest BCUT2D eigenvalue weighted by Crippen LogP contribution is -2.27. The largest absolute Gasteiger partial charge is 0.323 e. The Labute approximate surface area is 135 Å². The molecule has 0 saturated heterocycles. The van der Waals surface area contributed by atoms with E-state index in [0.717, 1.165) is 25.2 Å². The summed E-state index contributed by atoms with van der Waals surface area (Å²) in [7, 11) is 2.09. The van der Waals surface area contributed by atoms with Crippen molar-refractivity contribution in [3.63, 3.8) is 0 Å². The normalized spacial score (nSPS) is 13.7. The second-order valence-electron chi connectivity index (χ2n) is 5.71. The van der Waals surface area contributed by atoms with E-state index in [1.807, 2.05) is 12.1 Å². The van der Waals surface area contributed by atoms with Crippen LogP contribution in [-0.4, -0.2) is 24.5 Å². The summed E-state index contributed by atoms with van der Waals surface area (Å²) in [5.74, 6) is 0. The fourth-order valence-electron chi connectivity index (χ4n) is 2.75. The summed E-state index contributed by atoms with van der Waals surface area (Å²) in [6.45, 7) is 1.95. The lowest BCUT2D eigenvalue weighted by molar-refractivity contribution is 0.262. The van der Waals surface area contributed by atoms with Crippen molar-refractivity contribution in [1.82, 2.24) is 4.90 Å². The summed E-state index contributed by atoms with van der Waals surface area (Å²) >= 11 is 0. The first-order valence-electron chi connectivity index (χ1n) is 7.53. The highest BCUT2D eigenvalue weighted by atomic mass is 16.2. The van der Waals surface area contributed by atoms with Crippen LogP contribution >= 0.6 is 0 Å². The van der Waals surface area contributed by atoms with Gasteiger partial charge < -0.3 is 15.5 Å². The van der Waals surface area contributed by atoms with Crippen LogP contribution in [0.5, 0.6) is 0 Å². The molecule has 5 heteroatoms. The maximum Gasteiger partial charge on any atom is 0.323 e. The Morgan fingerprint density at radius 3 is 2.83 bits per heavy atom. The van der Waals surface area contributed by atoms with Crippen LogP contribution in [0.4, 0.5) is 16.2 Å². The number of fused-ring (bicyclic) bond motifs is 1. The molecule has 0 atom stereocenters. The third-order valence-electron chi connectivity index (χ3n) is 3.96. The number of rotatable bonds is 2. The summed E-state index contributed by atoms with van der Waals surface area (Å²) in [6, 6.07) is 14.6. The SMILES string of the molecule is CN1CCc2ccc(NC(=O)Nc3ccccc3C#N)cc2C1. The number of hydrogen-bond donors (Lipinski definition) is 2. The van der Waals surface area contributed by atoms with Crippen LogP contribution in [0.1, 0.15) is 16.7 Å². The molecule has 0 saturated carbocycles. The van der Waals surface area contributed by atoms with E-state index in [2.05, 4.69) is 34.7 Å². The van der Waals surface area contributed by atoms with Crippen molar-refractivity contribution in [2.45, 2.75) is 13.0 Å². The van der Waals surface area contributed by atoms with E-state index in [1.54, 1.807) is 24.3 Å². The molecule has 0 radical (unpaired) electrons. The Morgan fingerprint density at radius 1 is 1.17 bits per heavy atom. The molecule has 2 N–H and O–H groups in total. The van der Waals surface area contributed by atoms with E-state index in [-0.39, 0.29) is 6.03 Å². The highest BCUT2D eigenvalue weighted by Crippen LogP contribution is 2.22. The Kier molecular flexibility index (Phi) is 4.26. The minimum Gasteiger partial charge on any atom is -0.308 e. The number of benzene rings is 2. The third-order valence-corrected chi connectivity index (χ3v) is 3.96. The number of urea groups is 1. The molecule has 2 aromatic rings. The van der Waals surface area contributed by atoms with Gasteiger partial charge in [0.25, 0.3) is 0 Å². The van der Waals surface area contributed by atoms with Crippen molar-refractivity contribution in [3.8, 4) is 6.07 Å². The minimum atomic E-state index is -0.350. The van der Waals surface area contributed by atoms with Gasteiger partial charge in [0.2, 0.25) is 0 Å². The van der Waals surface area contributed by atoms with Gasteiger partial charge in [-0.15, -0.1) is 0 Å². The van der Waals surface area contributed by atoms with Gasteiger partial charge in [0, 0.05) is 18.8 Å². The van der Waals surface area contributed by atoms with Crippen LogP contribution in [0.2, 0.25) is 0 Å². The van der Waals surface area contributed by atoms with Gasteiger partial charge in [-0.3, -0.25) is 0 Å². The van der Waals surface area contributed by atoms with Crippen LogP contribution in [0, 0.1) is 11.3 Å². The average Bonchev–Trinajstić information content (AvgIpc) is 2.55. The summed E-state index contributed by atoms with van der Waals surface area (Å²) in [5.41, 5.74) is 4.28. The molecule has 2 amide bonds. The predicted octanol–water partition coefficient (Wildman–Crippen LogP) is 3.19. The number of amides is 2. The molecule has 0 unspecified atom stereocenters. The van der Waals surface area contributed by atoms with Gasteiger partial charge in [0.15, 0.2) is 0 Å². The zero-order chi connectivity index (χ0) is 16.2. The first-order chi connectivity index (χ1) is 11.2. The first-order valence-corrected chi connectivity index (χ1v) is 7.53. The van der Waals surface area contributed by atoms with E-state index in [9.17, 15) is 4.79 Å². The highest BCUT2D eigenvalue weighted by molar-refractivity contribution is 6.00. The van der Waals surface area contributed by atoms with Crippen molar-refractivity contribution in [1.29, 1.82) is 5.26 Å². The van der Waals surface area contributed by atoms with Gasteiger partial charge >= 0.3 is 6.03 Å². The molecule has 2 aromatic carbocycles. The van der Waals surface area contributed by atoms with Crippen LogP contribution in [-0.2, 0) is 13.0 Å². The monoisotopic (exact) mass is 306 g/mol. The van der Waals surface area contributed by atoms with Gasteiger partial charge in [0.1, 0.15) is 6.07 Å². The summed E-state index contributed by atoms with van der Waals surface area (Å²) in [5, 5.41) is 14.6. The fraction of sp³-hybridized carbons (Fsp3) is 0.222. The first kappa shape index (κ1) is 15.1. The Balaban J connectivity index is 1.71. The number of hydrogen-bond acceptors (Lipinski definition) is 3. The molecular formula is C18H18N4O. The predicted molar refractivity (Wildman–Crippen MR) is 90.3 cm³/mol. The molecule has 116 valence electrons. The number of para-hydroxylation sites is 1. The number of carbonyl (C=O) groups excluding carboxylic acids is 1. The van der Waals surface area contributed by atoms with Gasteiger partial charge in [-0.05, 0) is 48.9 Å². The number of anilines is 2. The maximum atomic E-state index is 12.1. The van der Waals surface area contributed by atoms with E-state index >= 15 is 0 Å². The lowest BCUT2D eigenvalue weighted by atomic mass is 9.99. The zero-order valence-electron chi connectivity index (χ0n) is 13.0. The zero-order valence-corrected chi connectivity index (χ0v) is 13.0. The number of nitriles is 1. The Bertz CT molecular complexity index is 779. The van der Waals surface area contributed by atoms with Gasteiger partial charge in [-0.25, -0.2) is 4.79 Å². The van der Waals surface area contributed by atoms with Gasteiger partial charge in [0.05, 0.1) is 11.3 Å². The fourth-order valence-corrected chi connectivity index (χ4v) is 2.75. The topological polar surface area (TPSA) is 68.2 Å². The minimum absolute atomic E-state index is 0.350. The van der Waals surface area contributed by atoms with E-state index in [4.69, 9.17) is 5.26 Å². The van der Waals surface area contributed by atoms with Crippen LogP contribution < -0.4 is 10.6 Å². The molecule has 0 bridgehead atoms. The standard InChI is InChI=1S/C18H18N4O/c1-22-9-8-13-6-7-16(10-15(13)12-22)20-18(23)21-17-5-3-2-4-14(17)11-19/h2-7,10H,8-9,12H2,1H3,(H2,20,21,23). The summed E-state index contributed by atoms with van der Waals surface area (Å²) in [4.78, 5) is 14.4. The molecule has 0 fully saturated rings. The van der Waals surface area contributed by atoms with Gasteiger partial charge in [-0.1, -0.05) is 18.2 Å². The van der Waals surface area contributed by atoms with E-state index in [0.29, 0.717) is 11.3 Å². The Morgan fingerprint density at radius 2 is 2.00 bits per heavy atom. The molecule has 0 spiro atoms. The molecule has 1 aliphatic rings. The van der Waals surface area contributed by atoms with Crippen molar-refractivity contribution in [2.24, 2.45) is 0 Å². The molecule has 5 nitrogen and oxygen atoms in total. The lowest BCUT2D eigenvalue weighted by Gasteiger charge is -2.25.